The van der Waals surface area contributed by atoms with Crippen molar-refractivity contribution in [2.45, 2.75) is 19.0 Å². The van der Waals surface area contributed by atoms with Gasteiger partial charge in [0.15, 0.2) is 0 Å². The number of nitrogens with zero attached hydrogens (tertiary/aromatic N) is 2. The van der Waals surface area contributed by atoms with Crippen molar-refractivity contribution < 1.29 is 9.53 Å². The van der Waals surface area contributed by atoms with E-state index in [4.69, 9.17) is 16.3 Å². The van der Waals surface area contributed by atoms with Crippen LogP contribution in [0, 0.1) is 0 Å². The summed E-state index contributed by atoms with van der Waals surface area (Å²) in [6.45, 7) is 5.22. The molecular formula is C12H17ClN2O2S. The Balaban J connectivity index is 1.86. The molecule has 6 heteroatoms. The second kappa shape index (κ2) is 6.41. The zero-order chi connectivity index (χ0) is 13.0. The lowest BCUT2D eigenvalue weighted by Crippen LogP contribution is -2.52. The molecule has 2 rings (SSSR count). The number of hydrogen-bond donors (Lipinski definition) is 0. The summed E-state index contributed by atoms with van der Waals surface area (Å²) in [6, 6.07) is 4.17. The molecule has 0 aromatic carbocycles. The van der Waals surface area contributed by atoms with Crippen LogP contribution in [0.15, 0.2) is 17.5 Å². The summed E-state index contributed by atoms with van der Waals surface area (Å²) in [5.41, 5.74) is -0.308. The molecule has 1 saturated heterocycles. The van der Waals surface area contributed by atoms with Crippen LogP contribution in [0.3, 0.4) is 0 Å². The molecule has 100 valence electrons. The average molecular weight is 289 g/mol. The molecular weight excluding hydrogens is 272 g/mol. The molecule has 4 nitrogen and oxygen atoms in total. The van der Waals surface area contributed by atoms with Gasteiger partial charge in [0.25, 0.3) is 0 Å². The van der Waals surface area contributed by atoms with E-state index in [1.165, 1.54) is 4.88 Å². The summed E-state index contributed by atoms with van der Waals surface area (Å²) < 4.78 is 4.98. The highest BCUT2D eigenvalue weighted by Crippen LogP contribution is 2.18. The Morgan fingerprint density at radius 1 is 1.61 bits per heavy atom. The van der Waals surface area contributed by atoms with Crippen molar-refractivity contribution in [2.24, 2.45) is 0 Å². The fraction of sp³-hybridized carbons (Fsp3) is 0.583. The van der Waals surface area contributed by atoms with Gasteiger partial charge in [-0.15, -0.1) is 11.3 Å². The lowest BCUT2D eigenvalue weighted by molar-refractivity contribution is 0.0682. The molecule has 18 heavy (non-hydrogen) atoms. The molecule has 0 spiro atoms. The third-order valence-electron chi connectivity index (χ3n) is 2.87. The van der Waals surface area contributed by atoms with Gasteiger partial charge in [-0.2, -0.15) is 0 Å². The monoisotopic (exact) mass is 288 g/mol. The number of hydrogen-bond acceptors (Lipinski definition) is 4. The third-order valence-corrected chi connectivity index (χ3v) is 4.10. The number of piperazine rings is 1. The zero-order valence-electron chi connectivity index (χ0n) is 10.3. The first kappa shape index (κ1) is 13.6. The SMILES string of the molecule is CCOC(=O)N1CCN(Cc2cccs2)CC1Cl. The lowest BCUT2D eigenvalue weighted by Gasteiger charge is -2.37. The van der Waals surface area contributed by atoms with Gasteiger partial charge in [0.05, 0.1) is 6.61 Å². The van der Waals surface area contributed by atoms with Crippen LogP contribution in [0.1, 0.15) is 11.8 Å². The maximum Gasteiger partial charge on any atom is 0.411 e. The van der Waals surface area contributed by atoms with Crippen LogP contribution >= 0.6 is 22.9 Å². The first-order valence-electron chi connectivity index (χ1n) is 6.03. The lowest BCUT2D eigenvalue weighted by atomic mass is 10.3. The minimum atomic E-state index is -0.312. The molecule has 0 bridgehead atoms. The van der Waals surface area contributed by atoms with Gasteiger partial charge in [-0.05, 0) is 18.4 Å². The van der Waals surface area contributed by atoms with Crippen molar-refractivity contribution in [1.29, 1.82) is 0 Å². The Labute approximate surface area is 116 Å². The summed E-state index contributed by atoms with van der Waals surface area (Å²) in [4.78, 5) is 16.8. The molecule has 0 saturated carbocycles. The topological polar surface area (TPSA) is 32.8 Å². The molecule has 0 radical (unpaired) electrons. The molecule has 1 aromatic rings. The van der Waals surface area contributed by atoms with E-state index in [0.29, 0.717) is 19.7 Å². The molecule has 1 aliphatic rings. The molecule has 1 aliphatic heterocycles. The predicted octanol–water partition coefficient (Wildman–Crippen LogP) is 2.59. The fourth-order valence-corrected chi connectivity index (χ4v) is 3.09. The van der Waals surface area contributed by atoms with Crippen LogP contribution in [0.25, 0.3) is 0 Å². The molecule has 2 heterocycles. The minimum Gasteiger partial charge on any atom is -0.450 e. The van der Waals surface area contributed by atoms with Crippen LogP contribution in [-0.2, 0) is 11.3 Å². The average Bonchev–Trinajstić information content (AvgIpc) is 2.82. The predicted molar refractivity (Wildman–Crippen MR) is 73.0 cm³/mol. The number of ether oxygens (including phenoxy) is 1. The van der Waals surface area contributed by atoms with Gasteiger partial charge in [0.1, 0.15) is 5.50 Å². The fourth-order valence-electron chi connectivity index (χ4n) is 1.97. The molecule has 0 aliphatic carbocycles. The largest absolute Gasteiger partial charge is 0.450 e. The highest BCUT2D eigenvalue weighted by atomic mass is 35.5. The highest BCUT2D eigenvalue weighted by Gasteiger charge is 2.29. The van der Waals surface area contributed by atoms with Gasteiger partial charge in [-0.1, -0.05) is 17.7 Å². The van der Waals surface area contributed by atoms with Crippen molar-refractivity contribution in [2.75, 3.05) is 26.2 Å². The van der Waals surface area contributed by atoms with E-state index in [-0.39, 0.29) is 11.6 Å². The van der Waals surface area contributed by atoms with Gasteiger partial charge < -0.3 is 4.74 Å². The van der Waals surface area contributed by atoms with Gasteiger partial charge in [-0.3, -0.25) is 9.80 Å². The number of rotatable bonds is 3. The number of halogens is 1. The van der Waals surface area contributed by atoms with Crippen LogP contribution in [0.5, 0.6) is 0 Å². The van der Waals surface area contributed by atoms with Crippen molar-refractivity contribution in [3.8, 4) is 0 Å². The smallest absolute Gasteiger partial charge is 0.411 e. The van der Waals surface area contributed by atoms with Crippen molar-refractivity contribution in [3.63, 3.8) is 0 Å². The van der Waals surface area contributed by atoms with E-state index in [9.17, 15) is 4.79 Å². The second-order valence-electron chi connectivity index (χ2n) is 4.14. The Bertz CT molecular complexity index is 385. The first-order chi connectivity index (χ1) is 8.70. The van der Waals surface area contributed by atoms with Crippen LogP contribution in [0.4, 0.5) is 4.79 Å². The summed E-state index contributed by atoms with van der Waals surface area (Å²) >= 11 is 7.98. The van der Waals surface area contributed by atoms with E-state index < -0.39 is 0 Å². The number of carbonyl (C=O) groups is 1. The Morgan fingerprint density at radius 3 is 3.06 bits per heavy atom. The van der Waals surface area contributed by atoms with Crippen LogP contribution < -0.4 is 0 Å². The van der Waals surface area contributed by atoms with Crippen molar-refractivity contribution in [1.82, 2.24) is 9.80 Å². The van der Waals surface area contributed by atoms with Gasteiger partial charge in [0, 0.05) is 31.1 Å². The standard InChI is InChI=1S/C12H17ClN2O2S/c1-2-17-12(16)15-6-5-14(9-11(15)13)8-10-4-3-7-18-10/h3-4,7,11H,2,5-6,8-9H2,1H3. The maximum atomic E-state index is 11.6. The molecule has 1 unspecified atom stereocenters. The number of thiophene rings is 1. The Kier molecular flexibility index (Phi) is 4.86. The quantitative estimate of drug-likeness (QED) is 0.633. The van der Waals surface area contributed by atoms with Crippen LogP contribution in [0.2, 0.25) is 0 Å². The number of carbonyl (C=O) groups excluding carboxylic acids is 1. The maximum absolute atomic E-state index is 11.6. The molecule has 1 atom stereocenters. The second-order valence-corrected chi connectivity index (χ2v) is 5.68. The van der Waals surface area contributed by atoms with E-state index in [0.717, 1.165) is 13.1 Å². The first-order valence-corrected chi connectivity index (χ1v) is 7.34. The molecule has 1 amide bonds. The van der Waals surface area contributed by atoms with Gasteiger partial charge in [0.2, 0.25) is 0 Å². The Morgan fingerprint density at radius 2 is 2.44 bits per heavy atom. The normalized spacial score (nSPS) is 21.0. The van der Waals surface area contributed by atoms with Crippen LogP contribution in [-0.4, -0.2) is 47.6 Å². The molecule has 1 aromatic heterocycles. The third kappa shape index (κ3) is 3.37. The summed E-state index contributed by atoms with van der Waals surface area (Å²) in [5.74, 6) is 0. The van der Waals surface area contributed by atoms with E-state index >= 15 is 0 Å². The van der Waals surface area contributed by atoms with Gasteiger partial charge >= 0.3 is 6.09 Å². The molecule has 1 fully saturated rings. The van der Waals surface area contributed by atoms with E-state index in [1.807, 2.05) is 6.07 Å². The zero-order valence-corrected chi connectivity index (χ0v) is 11.9. The highest BCUT2D eigenvalue weighted by molar-refractivity contribution is 7.09. The van der Waals surface area contributed by atoms with Crippen molar-refractivity contribution >= 4 is 29.0 Å². The summed E-state index contributed by atoms with van der Waals surface area (Å²) in [5, 5.41) is 2.07. The Hall–Kier alpha value is -0.780. The summed E-state index contributed by atoms with van der Waals surface area (Å²) in [6.07, 6.45) is -0.312. The number of alkyl halides is 1. The molecule has 0 N–H and O–H groups in total. The minimum absolute atomic E-state index is 0.308. The van der Waals surface area contributed by atoms with E-state index in [1.54, 1.807) is 23.2 Å². The number of amides is 1. The van der Waals surface area contributed by atoms with Crippen molar-refractivity contribution in [3.05, 3.63) is 22.4 Å². The van der Waals surface area contributed by atoms with E-state index in [2.05, 4.69) is 16.3 Å². The van der Waals surface area contributed by atoms with Gasteiger partial charge in [-0.25, -0.2) is 4.79 Å². The summed E-state index contributed by atoms with van der Waals surface area (Å²) in [7, 11) is 0.